The highest BCUT2D eigenvalue weighted by Gasteiger charge is 2.42. The van der Waals surface area contributed by atoms with Crippen molar-refractivity contribution in [2.45, 2.75) is 17.6 Å². The first-order chi connectivity index (χ1) is 10.1. The Hall–Kier alpha value is -1.40. The summed E-state index contributed by atoms with van der Waals surface area (Å²) < 4.78 is 6.44. The van der Waals surface area contributed by atoms with E-state index in [1.54, 1.807) is 7.11 Å². The van der Waals surface area contributed by atoms with Crippen molar-refractivity contribution in [3.8, 4) is 5.75 Å². The van der Waals surface area contributed by atoms with Gasteiger partial charge in [0, 0.05) is 21.4 Å². The number of thioether (sulfide) groups is 1. The van der Waals surface area contributed by atoms with Crippen molar-refractivity contribution in [3.63, 3.8) is 0 Å². The second-order valence-electron chi connectivity index (χ2n) is 5.28. The first-order valence-corrected chi connectivity index (χ1v) is 8.82. The molecular weight excluding hydrogens is 304 g/mol. The fourth-order valence-electron chi connectivity index (χ4n) is 2.31. The highest BCUT2D eigenvalue weighted by molar-refractivity contribution is 8.00. The number of hydrogen-bond acceptors (Lipinski definition) is 5. The minimum Gasteiger partial charge on any atom is -0.497 e. The molecule has 112 valence electrons. The van der Waals surface area contributed by atoms with Crippen molar-refractivity contribution < 1.29 is 9.53 Å². The number of hydrogen-bond donors (Lipinski definition) is 2. The summed E-state index contributed by atoms with van der Waals surface area (Å²) in [6, 6.07) is 5.68. The molecule has 1 aliphatic rings. The number of carbonyl (C=O) groups excluding carboxylic acids is 1. The SMILES string of the molecule is COc1ccc2c(N)c(C(=O)NCC3(SC)CC3)sc2c1. The Bertz CT molecular complexity index is 692. The number of nitrogens with one attached hydrogen (secondary N) is 1. The van der Waals surface area contributed by atoms with Crippen LogP contribution >= 0.6 is 23.1 Å². The third-order valence-corrected chi connectivity index (χ3v) is 6.54. The van der Waals surface area contributed by atoms with Crippen LogP contribution in [0.3, 0.4) is 0 Å². The molecule has 0 spiro atoms. The number of fused-ring (bicyclic) bond motifs is 1. The van der Waals surface area contributed by atoms with Gasteiger partial charge in [0.15, 0.2) is 0 Å². The van der Waals surface area contributed by atoms with Gasteiger partial charge in [-0.3, -0.25) is 4.79 Å². The summed E-state index contributed by atoms with van der Waals surface area (Å²) >= 11 is 3.25. The molecule has 1 aromatic carbocycles. The summed E-state index contributed by atoms with van der Waals surface area (Å²) in [5, 5.41) is 3.94. The van der Waals surface area contributed by atoms with Crippen molar-refractivity contribution in [2.75, 3.05) is 25.6 Å². The van der Waals surface area contributed by atoms with E-state index in [0.29, 0.717) is 17.1 Å². The smallest absolute Gasteiger partial charge is 0.263 e. The number of ether oxygens (including phenoxy) is 1. The van der Waals surface area contributed by atoms with E-state index in [0.717, 1.165) is 15.8 Å². The second kappa shape index (κ2) is 5.42. The molecule has 1 saturated carbocycles. The van der Waals surface area contributed by atoms with Gasteiger partial charge in [-0.25, -0.2) is 0 Å². The van der Waals surface area contributed by atoms with Gasteiger partial charge in [0.05, 0.1) is 12.8 Å². The zero-order valence-electron chi connectivity index (χ0n) is 12.1. The van der Waals surface area contributed by atoms with Crippen LogP contribution in [0.25, 0.3) is 10.1 Å². The summed E-state index contributed by atoms with van der Waals surface area (Å²) in [7, 11) is 1.63. The average Bonchev–Trinajstić information content (AvgIpc) is 3.23. The number of benzene rings is 1. The Labute approximate surface area is 132 Å². The third-order valence-electron chi connectivity index (χ3n) is 3.95. The number of amides is 1. The number of methoxy groups -OCH3 is 1. The van der Waals surface area contributed by atoms with Crippen molar-refractivity contribution in [1.82, 2.24) is 5.32 Å². The van der Waals surface area contributed by atoms with Crippen molar-refractivity contribution in [3.05, 3.63) is 23.1 Å². The van der Waals surface area contributed by atoms with Gasteiger partial charge < -0.3 is 15.8 Å². The highest BCUT2D eigenvalue weighted by Crippen LogP contribution is 2.46. The van der Waals surface area contributed by atoms with E-state index >= 15 is 0 Å². The van der Waals surface area contributed by atoms with E-state index in [9.17, 15) is 4.79 Å². The molecule has 0 radical (unpaired) electrons. The standard InChI is InChI=1S/C15H18N2O2S2/c1-19-9-3-4-10-11(7-9)21-13(12(10)16)14(18)17-8-15(20-2)5-6-15/h3-4,7H,5-6,8,16H2,1-2H3,(H,17,18). The molecule has 1 fully saturated rings. The van der Waals surface area contributed by atoms with Crippen LogP contribution in [-0.2, 0) is 0 Å². The molecule has 0 atom stereocenters. The number of thiophene rings is 1. The molecule has 6 heteroatoms. The maximum Gasteiger partial charge on any atom is 0.263 e. The van der Waals surface area contributed by atoms with E-state index in [-0.39, 0.29) is 10.7 Å². The Morgan fingerprint density at radius 3 is 2.90 bits per heavy atom. The van der Waals surface area contributed by atoms with Crippen LogP contribution in [0.2, 0.25) is 0 Å². The van der Waals surface area contributed by atoms with Crippen LogP contribution in [0, 0.1) is 0 Å². The van der Waals surface area contributed by atoms with Gasteiger partial charge >= 0.3 is 0 Å². The molecule has 3 rings (SSSR count). The maximum absolute atomic E-state index is 12.4. The van der Waals surface area contributed by atoms with Gasteiger partial charge in [-0.1, -0.05) is 0 Å². The largest absolute Gasteiger partial charge is 0.497 e. The van der Waals surface area contributed by atoms with Gasteiger partial charge in [-0.2, -0.15) is 11.8 Å². The molecule has 1 amide bonds. The summed E-state index contributed by atoms with van der Waals surface area (Å²) in [6.07, 6.45) is 4.44. The predicted molar refractivity (Wildman–Crippen MR) is 90.6 cm³/mol. The van der Waals surface area contributed by atoms with Crippen LogP contribution in [0.1, 0.15) is 22.5 Å². The lowest BCUT2D eigenvalue weighted by Gasteiger charge is -2.12. The lowest BCUT2D eigenvalue weighted by Crippen LogP contribution is -2.31. The predicted octanol–water partition coefficient (Wildman–Crippen LogP) is 3.12. The van der Waals surface area contributed by atoms with E-state index in [4.69, 9.17) is 10.5 Å². The van der Waals surface area contributed by atoms with Gasteiger partial charge in [-0.15, -0.1) is 11.3 Å². The van der Waals surface area contributed by atoms with E-state index in [1.807, 2.05) is 30.0 Å². The van der Waals surface area contributed by atoms with Crippen molar-refractivity contribution in [1.29, 1.82) is 0 Å². The van der Waals surface area contributed by atoms with Gasteiger partial charge in [0.2, 0.25) is 0 Å². The molecule has 2 aromatic rings. The lowest BCUT2D eigenvalue weighted by atomic mass is 10.2. The Kier molecular flexibility index (Phi) is 3.75. The Morgan fingerprint density at radius 2 is 2.29 bits per heavy atom. The summed E-state index contributed by atoms with van der Waals surface area (Å²) in [5.74, 6) is 0.697. The lowest BCUT2D eigenvalue weighted by molar-refractivity contribution is 0.0958. The topological polar surface area (TPSA) is 64.3 Å². The van der Waals surface area contributed by atoms with Crippen molar-refractivity contribution in [2.24, 2.45) is 0 Å². The van der Waals surface area contributed by atoms with Crippen molar-refractivity contribution >= 4 is 44.8 Å². The van der Waals surface area contributed by atoms with Crippen LogP contribution < -0.4 is 15.8 Å². The molecule has 0 saturated heterocycles. The Balaban J connectivity index is 1.82. The number of nitrogen functional groups attached to an aromatic ring is 1. The molecule has 4 nitrogen and oxygen atoms in total. The van der Waals surface area contributed by atoms with Gasteiger partial charge in [0.1, 0.15) is 10.6 Å². The Morgan fingerprint density at radius 1 is 1.52 bits per heavy atom. The fraction of sp³-hybridized carbons (Fsp3) is 0.400. The minimum absolute atomic E-state index is 0.0759. The first kappa shape index (κ1) is 14.5. The highest BCUT2D eigenvalue weighted by atomic mass is 32.2. The quantitative estimate of drug-likeness (QED) is 0.888. The van der Waals surface area contributed by atoms with Crippen LogP contribution in [0.4, 0.5) is 5.69 Å². The maximum atomic E-state index is 12.4. The van der Waals surface area contributed by atoms with Gasteiger partial charge in [0.25, 0.3) is 5.91 Å². The molecule has 1 aliphatic carbocycles. The van der Waals surface area contributed by atoms with Crippen LogP contribution in [0.15, 0.2) is 18.2 Å². The molecule has 1 aromatic heterocycles. The number of anilines is 1. The summed E-state index contributed by atoms with van der Waals surface area (Å²) in [5.41, 5.74) is 6.68. The van der Waals surface area contributed by atoms with Crippen LogP contribution in [-0.4, -0.2) is 30.6 Å². The zero-order valence-corrected chi connectivity index (χ0v) is 13.7. The third kappa shape index (κ3) is 2.70. The molecule has 0 bridgehead atoms. The molecule has 1 heterocycles. The normalized spacial score (nSPS) is 15.9. The number of rotatable bonds is 5. The van der Waals surface area contributed by atoms with E-state index in [1.165, 1.54) is 24.2 Å². The second-order valence-corrected chi connectivity index (χ2v) is 7.60. The first-order valence-electron chi connectivity index (χ1n) is 6.78. The fourth-order valence-corrected chi connectivity index (χ4v) is 4.10. The van der Waals surface area contributed by atoms with Gasteiger partial charge in [-0.05, 0) is 37.3 Å². The van der Waals surface area contributed by atoms with E-state index < -0.39 is 0 Å². The van der Waals surface area contributed by atoms with E-state index in [2.05, 4.69) is 11.6 Å². The number of nitrogens with two attached hydrogens (primary N) is 1. The molecule has 0 aliphatic heterocycles. The molecule has 3 N–H and O–H groups in total. The zero-order chi connectivity index (χ0) is 15.0. The molecular formula is C15H18N2O2S2. The monoisotopic (exact) mass is 322 g/mol. The van der Waals surface area contributed by atoms with Crippen LogP contribution in [0.5, 0.6) is 5.75 Å². The average molecular weight is 322 g/mol. The summed E-state index contributed by atoms with van der Waals surface area (Å²) in [6.45, 7) is 0.712. The molecule has 21 heavy (non-hydrogen) atoms. The summed E-state index contributed by atoms with van der Waals surface area (Å²) in [4.78, 5) is 13.0. The molecule has 0 unspecified atom stereocenters. The minimum atomic E-state index is -0.0759. The number of carbonyl (C=O) groups is 1.